The number of nitrogens with one attached hydrogen (secondary N) is 3. The first kappa shape index (κ1) is 16.6. The van der Waals surface area contributed by atoms with E-state index in [0.717, 1.165) is 12.1 Å². The summed E-state index contributed by atoms with van der Waals surface area (Å²) in [5.74, 6) is -1.84. The molecule has 8 heteroatoms. The number of hydrogen-bond acceptors (Lipinski definition) is 4. The fourth-order valence-corrected chi connectivity index (χ4v) is 3.31. The lowest BCUT2D eigenvalue weighted by atomic mass is 9.75. The summed E-state index contributed by atoms with van der Waals surface area (Å²) in [7, 11) is 0. The maximum absolute atomic E-state index is 14.1. The zero-order valence-corrected chi connectivity index (χ0v) is 13.0. The fourth-order valence-electron chi connectivity index (χ4n) is 3.05. The van der Waals surface area contributed by atoms with Crippen molar-refractivity contribution in [1.29, 1.82) is 0 Å². The molecule has 1 saturated carbocycles. The van der Waals surface area contributed by atoms with Crippen LogP contribution in [0.15, 0.2) is 18.2 Å². The van der Waals surface area contributed by atoms with E-state index >= 15 is 0 Å². The van der Waals surface area contributed by atoms with Crippen LogP contribution in [0.25, 0.3) is 0 Å². The van der Waals surface area contributed by atoms with Crippen LogP contribution in [0.5, 0.6) is 0 Å². The number of amides is 1. The summed E-state index contributed by atoms with van der Waals surface area (Å²) in [6, 6.07) is 2.03. The second kappa shape index (κ2) is 6.68. The number of aliphatic hydroxyl groups is 1. The van der Waals surface area contributed by atoms with Gasteiger partial charge in [0.2, 0.25) is 5.91 Å². The van der Waals surface area contributed by atoms with Gasteiger partial charge in [-0.1, -0.05) is 6.07 Å². The summed E-state index contributed by atoms with van der Waals surface area (Å²) in [6.07, 6.45) is 0.472. The summed E-state index contributed by atoms with van der Waals surface area (Å²) in [5, 5.41) is 11.9. The standard InChI is InChI=1S/C15H18ClF2N3O2/c16-11-6-19-21-14(11)15(23)20-13(7-3-9(22)4-7)10-2-1-8(17)5-12(10)18/h1-2,5,7,9,11,13-14,19,21-22H,3-4,6H2,(H,20,23). The highest BCUT2D eigenvalue weighted by Crippen LogP contribution is 2.39. The minimum Gasteiger partial charge on any atom is -0.393 e. The summed E-state index contributed by atoms with van der Waals surface area (Å²) in [5.41, 5.74) is 5.78. The summed E-state index contributed by atoms with van der Waals surface area (Å²) >= 11 is 6.06. The van der Waals surface area contributed by atoms with Crippen LogP contribution in [0.1, 0.15) is 24.4 Å². The van der Waals surface area contributed by atoms with Gasteiger partial charge in [0, 0.05) is 18.2 Å². The van der Waals surface area contributed by atoms with Gasteiger partial charge in [0.25, 0.3) is 0 Å². The third-order valence-corrected chi connectivity index (χ3v) is 4.82. The molecule has 2 fully saturated rings. The minimum absolute atomic E-state index is 0.1000. The number of carbonyl (C=O) groups excluding carboxylic acids is 1. The van der Waals surface area contributed by atoms with Crippen molar-refractivity contribution < 1.29 is 18.7 Å². The number of hydrogen-bond donors (Lipinski definition) is 4. The lowest BCUT2D eigenvalue weighted by molar-refractivity contribution is -0.124. The van der Waals surface area contributed by atoms with Crippen molar-refractivity contribution >= 4 is 17.5 Å². The van der Waals surface area contributed by atoms with Crippen molar-refractivity contribution in [2.24, 2.45) is 5.92 Å². The second-order valence-corrected chi connectivity index (χ2v) is 6.62. The molecule has 1 heterocycles. The van der Waals surface area contributed by atoms with E-state index in [9.17, 15) is 18.7 Å². The van der Waals surface area contributed by atoms with Crippen molar-refractivity contribution in [3.8, 4) is 0 Å². The van der Waals surface area contributed by atoms with Crippen molar-refractivity contribution in [1.82, 2.24) is 16.2 Å². The minimum atomic E-state index is -0.711. The number of hydrazine groups is 1. The second-order valence-electron chi connectivity index (χ2n) is 6.06. The molecular weight excluding hydrogens is 328 g/mol. The quantitative estimate of drug-likeness (QED) is 0.614. The molecule has 1 aromatic carbocycles. The van der Waals surface area contributed by atoms with Gasteiger partial charge < -0.3 is 10.4 Å². The van der Waals surface area contributed by atoms with E-state index in [1.165, 1.54) is 6.07 Å². The molecule has 1 aliphatic heterocycles. The van der Waals surface area contributed by atoms with Gasteiger partial charge in [0.05, 0.1) is 17.5 Å². The molecule has 0 bridgehead atoms. The highest BCUT2D eigenvalue weighted by atomic mass is 35.5. The fraction of sp³-hybridized carbons (Fsp3) is 0.533. The Bertz CT molecular complexity index is 598. The molecule has 23 heavy (non-hydrogen) atoms. The number of alkyl halides is 1. The van der Waals surface area contributed by atoms with Gasteiger partial charge in [-0.3, -0.25) is 10.2 Å². The molecule has 1 aromatic rings. The first-order valence-corrected chi connectivity index (χ1v) is 7.95. The van der Waals surface area contributed by atoms with Gasteiger partial charge in [-0.2, -0.15) is 0 Å². The van der Waals surface area contributed by atoms with Crippen molar-refractivity contribution in [3.63, 3.8) is 0 Å². The van der Waals surface area contributed by atoms with E-state index in [-0.39, 0.29) is 17.4 Å². The van der Waals surface area contributed by atoms with E-state index in [1.807, 2.05) is 0 Å². The average molecular weight is 346 g/mol. The van der Waals surface area contributed by atoms with Gasteiger partial charge in [-0.25, -0.2) is 14.2 Å². The van der Waals surface area contributed by atoms with Crippen LogP contribution in [0.3, 0.4) is 0 Å². The van der Waals surface area contributed by atoms with Crippen molar-refractivity contribution in [2.45, 2.75) is 36.4 Å². The van der Waals surface area contributed by atoms with Crippen LogP contribution >= 0.6 is 11.6 Å². The van der Waals surface area contributed by atoms with Gasteiger partial charge in [-0.15, -0.1) is 11.6 Å². The first-order chi connectivity index (χ1) is 11.0. The molecule has 0 radical (unpaired) electrons. The Morgan fingerprint density at radius 2 is 2.13 bits per heavy atom. The van der Waals surface area contributed by atoms with E-state index in [4.69, 9.17) is 11.6 Å². The van der Waals surface area contributed by atoms with Gasteiger partial charge in [0.15, 0.2) is 0 Å². The third kappa shape index (κ3) is 3.47. The molecule has 2 aliphatic rings. The number of benzene rings is 1. The van der Waals surface area contributed by atoms with Crippen LogP contribution < -0.4 is 16.2 Å². The normalized spacial score (nSPS) is 31.5. The third-order valence-electron chi connectivity index (χ3n) is 4.42. The molecular formula is C15H18ClF2N3O2. The smallest absolute Gasteiger partial charge is 0.240 e. The predicted octanol–water partition coefficient (Wildman–Crippen LogP) is 0.977. The molecule has 1 aliphatic carbocycles. The molecule has 3 unspecified atom stereocenters. The van der Waals surface area contributed by atoms with Gasteiger partial charge in [0.1, 0.15) is 17.7 Å². The van der Waals surface area contributed by atoms with E-state index in [2.05, 4.69) is 16.2 Å². The monoisotopic (exact) mass is 345 g/mol. The molecule has 0 aromatic heterocycles. The molecule has 126 valence electrons. The maximum atomic E-state index is 14.1. The maximum Gasteiger partial charge on any atom is 0.240 e. The number of aliphatic hydroxyl groups excluding tert-OH is 1. The van der Waals surface area contributed by atoms with Crippen LogP contribution in [0.2, 0.25) is 0 Å². The topological polar surface area (TPSA) is 73.4 Å². The Hall–Kier alpha value is -1.28. The molecule has 3 atom stereocenters. The molecule has 1 saturated heterocycles. The van der Waals surface area contributed by atoms with Crippen LogP contribution in [-0.2, 0) is 4.79 Å². The molecule has 1 amide bonds. The molecule has 5 nitrogen and oxygen atoms in total. The Balaban J connectivity index is 1.80. The van der Waals surface area contributed by atoms with Crippen molar-refractivity contribution in [3.05, 3.63) is 35.4 Å². The van der Waals surface area contributed by atoms with Crippen LogP contribution in [0, 0.1) is 17.6 Å². The summed E-state index contributed by atoms with van der Waals surface area (Å²) < 4.78 is 27.2. The predicted molar refractivity (Wildman–Crippen MR) is 80.5 cm³/mol. The largest absolute Gasteiger partial charge is 0.393 e. The highest BCUT2D eigenvalue weighted by Gasteiger charge is 2.39. The van der Waals surface area contributed by atoms with Gasteiger partial charge >= 0.3 is 0 Å². The number of halogens is 3. The highest BCUT2D eigenvalue weighted by molar-refractivity contribution is 6.23. The number of rotatable bonds is 4. The summed E-state index contributed by atoms with van der Waals surface area (Å²) in [4.78, 5) is 12.4. The zero-order valence-electron chi connectivity index (χ0n) is 12.2. The number of carbonyl (C=O) groups is 1. The first-order valence-electron chi connectivity index (χ1n) is 7.51. The molecule has 0 spiro atoms. The van der Waals surface area contributed by atoms with E-state index in [0.29, 0.717) is 19.4 Å². The SMILES string of the molecule is O=C(NC(c1ccc(F)cc1F)C1CC(O)C1)C1NNCC1Cl. The molecule has 3 rings (SSSR count). The van der Waals surface area contributed by atoms with E-state index in [1.54, 1.807) is 0 Å². The Kier molecular flexibility index (Phi) is 4.82. The lowest BCUT2D eigenvalue weighted by Gasteiger charge is -2.38. The lowest BCUT2D eigenvalue weighted by Crippen LogP contribution is -2.50. The van der Waals surface area contributed by atoms with Crippen molar-refractivity contribution in [2.75, 3.05) is 6.54 Å². The van der Waals surface area contributed by atoms with Crippen LogP contribution in [-0.4, -0.2) is 35.1 Å². The molecule has 4 N–H and O–H groups in total. The Morgan fingerprint density at radius 3 is 2.70 bits per heavy atom. The Labute approximate surface area is 137 Å². The average Bonchev–Trinajstić information content (AvgIpc) is 2.88. The summed E-state index contributed by atoms with van der Waals surface area (Å²) in [6.45, 7) is 0.442. The van der Waals surface area contributed by atoms with Crippen LogP contribution in [0.4, 0.5) is 8.78 Å². The van der Waals surface area contributed by atoms with Gasteiger partial charge in [-0.05, 0) is 24.8 Å². The van der Waals surface area contributed by atoms with E-state index < -0.39 is 35.2 Å². The zero-order chi connectivity index (χ0) is 16.6. The Morgan fingerprint density at radius 1 is 1.39 bits per heavy atom.